The maximum atomic E-state index is 12.7. The molecule has 0 bridgehead atoms. The van der Waals surface area contributed by atoms with Crippen molar-refractivity contribution in [1.29, 1.82) is 0 Å². The number of carbonyl (C=O) groups excluding carboxylic acids is 2. The number of benzene rings is 3. The third kappa shape index (κ3) is 3.66. The molecular formula is C22H19NO2. The highest BCUT2D eigenvalue weighted by molar-refractivity contribution is 6.10. The van der Waals surface area contributed by atoms with Gasteiger partial charge in [-0.25, -0.2) is 0 Å². The smallest absolute Gasteiger partial charge is 0.231 e. The standard InChI is InChI=1S/C22H19NO2/c1-2-21(24)23(19-13-7-4-8-14-19)20-15-9-12-18(16-20)22(25)17-10-5-3-6-11-17/h3-16H,2H2,1H3. The van der Waals surface area contributed by atoms with E-state index < -0.39 is 0 Å². The van der Waals surface area contributed by atoms with Crippen LogP contribution in [0.2, 0.25) is 0 Å². The lowest BCUT2D eigenvalue weighted by Crippen LogP contribution is -2.25. The van der Waals surface area contributed by atoms with Crippen molar-refractivity contribution < 1.29 is 9.59 Å². The maximum Gasteiger partial charge on any atom is 0.231 e. The minimum absolute atomic E-state index is 0.0180. The number of ketones is 1. The molecule has 0 spiro atoms. The fourth-order valence-corrected chi connectivity index (χ4v) is 2.71. The van der Waals surface area contributed by atoms with E-state index in [1.165, 1.54) is 0 Å². The van der Waals surface area contributed by atoms with E-state index in [9.17, 15) is 9.59 Å². The fourth-order valence-electron chi connectivity index (χ4n) is 2.71. The van der Waals surface area contributed by atoms with E-state index in [0.29, 0.717) is 23.2 Å². The summed E-state index contributed by atoms with van der Waals surface area (Å²) < 4.78 is 0. The lowest BCUT2D eigenvalue weighted by Gasteiger charge is -2.23. The molecule has 0 N–H and O–H groups in total. The zero-order valence-electron chi connectivity index (χ0n) is 14.1. The quantitative estimate of drug-likeness (QED) is 0.618. The molecule has 0 aromatic heterocycles. The predicted octanol–water partition coefficient (Wildman–Crippen LogP) is 4.99. The highest BCUT2D eigenvalue weighted by Crippen LogP contribution is 2.27. The molecule has 0 heterocycles. The molecule has 0 atom stereocenters. The van der Waals surface area contributed by atoms with Gasteiger partial charge in [-0.1, -0.05) is 67.6 Å². The number of para-hydroxylation sites is 1. The van der Waals surface area contributed by atoms with Crippen LogP contribution in [0.4, 0.5) is 11.4 Å². The molecule has 0 aliphatic heterocycles. The van der Waals surface area contributed by atoms with Crippen LogP contribution in [0, 0.1) is 0 Å². The summed E-state index contributed by atoms with van der Waals surface area (Å²) >= 11 is 0. The average molecular weight is 329 g/mol. The van der Waals surface area contributed by atoms with Gasteiger partial charge in [0.05, 0.1) is 0 Å². The van der Waals surface area contributed by atoms with Gasteiger partial charge >= 0.3 is 0 Å². The Morgan fingerprint density at radius 1 is 0.720 bits per heavy atom. The van der Waals surface area contributed by atoms with Crippen LogP contribution in [-0.4, -0.2) is 11.7 Å². The molecule has 0 aliphatic carbocycles. The SMILES string of the molecule is CCC(=O)N(c1ccccc1)c1cccc(C(=O)c2ccccc2)c1. The summed E-state index contributed by atoms with van der Waals surface area (Å²) in [4.78, 5) is 26.9. The van der Waals surface area contributed by atoms with Gasteiger partial charge in [0.2, 0.25) is 5.91 Å². The Hall–Kier alpha value is -3.20. The molecule has 0 radical (unpaired) electrons. The molecule has 3 nitrogen and oxygen atoms in total. The number of anilines is 2. The molecule has 3 rings (SSSR count). The van der Waals surface area contributed by atoms with E-state index in [0.717, 1.165) is 5.69 Å². The van der Waals surface area contributed by atoms with Crippen molar-refractivity contribution in [2.75, 3.05) is 4.90 Å². The van der Waals surface area contributed by atoms with Crippen LogP contribution in [0.3, 0.4) is 0 Å². The Labute approximate surface area is 147 Å². The minimum Gasteiger partial charge on any atom is -0.289 e. The summed E-state index contributed by atoms with van der Waals surface area (Å²) in [6.45, 7) is 1.83. The Morgan fingerprint density at radius 3 is 1.92 bits per heavy atom. The molecule has 0 saturated heterocycles. The molecule has 0 unspecified atom stereocenters. The second-order valence-corrected chi connectivity index (χ2v) is 5.66. The van der Waals surface area contributed by atoms with Crippen LogP contribution in [-0.2, 0) is 4.79 Å². The number of hydrogen-bond acceptors (Lipinski definition) is 2. The van der Waals surface area contributed by atoms with Gasteiger partial charge < -0.3 is 0 Å². The first-order chi connectivity index (χ1) is 12.2. The van der Waals surface area contributed by atoms with Crippen LogP contribution in [0.15, 0.2) is 84.9 Å². The van der Waals surface area contributed by atoms with Gasteiger partial charge in [-0.15, -0.1) is 0 Å². The summed E-state index contributed by atoms with van der Waals surface area (Å²) in [5.41, 5.74) is 2.68. The van der Waals surface area contributed by atoms with Gasteiger partial charge in [0, 0.05) is 28.9 Å². The Balaban J connectivity index is 2.01. The molecule has 0 fully saturated rings. The monoisotopic (exact) mass is 329 g/mol. The van der Waals surface area contributed by atoms with Gasteiger partial charge in [-0.05, 0) is 24.3 Å². The van der Waals surface area contributed by atoms with Crippen LogP contribution >= 0.6 is 0 Å². The lowest BCUT2D eigenvalue weighted by atomic mass is 10.0. The third-order valence-corrected chi connectivity index (χ3v) is 3.97. The van der Waals surface area contributed by atoms with Crippen LogP contribution in [0.5, 0.6) is 0 Å². The van der Waals surface area contributed by atoms with Gasteiger partial charge in [0.1, 0.15) is 0 Å². The summed E-state index contributed by atoms with van der Waals surface area (Å²) in [6, 6.07) is 25.8. The van der Waals surface area contributed by atoms with Crippen molar-refractivity contribution in [3.63, 3.8) is 0 Å². The van der Waals surface area contributed by atoms with Gasteiger partial charge in [0.25, 0.3) is 0 Å². The van der Waals surface area contributed by atoms with E-state index in [4.69, 9.17) is 0 Å². The maximum absolute atomic E-state index is 12.7. The highest BCUT2D eigenvalue weighted by atomic mass is 16.2. The number of nitrogens with zero attached hydrogens (tertiary/aromatic N) is 1. The van der Waals surface area contributed by atoms with Crippen LogP contribution in [0.1, 0.15) is 29.3 Å². The zero-order chi connectivity index (χ0) is 17.6. The van der Waals surface area contributed by atoms with Crippen molar-refractivity contribution in [3.8, 4) is 0 Å². The summed E-state index contributed by atoms with van der Waals surface area (Å²) in [7, 11) is 0. The molecule has 25 heavy (non-hydrogen) atoms. The van der Waals surface area contributed by atoms with E-state index in [1.807, 2.05) is 67.6 Å². The van der Waals surface area contributed by atoms with Crippen molar-refractivity contribution in [2.24, 2.45) is 0 Å². The third-order valence-electron chi connectivity index (χ3n) is 3.97. The summed E-state index contributed by atoms with van der Waals surface area (Å²) in [5.74, 6) is -0.0741. The van der Waals surface area contributed by atoms with Crippen molar-refractivity contribution in [2.45, 2.75) is 13.3 Å². The van der Waals surface area contributed by atoms with E-state index >= 15 is 0 Å². The average Bonchev–Trinajstić information content (AvgIpc) is 2.69. The number of amides is 1. The Bertz CT molecular complexity index is 873. The van der Waals surface area contributed by atoms with Crippen LogP contribution in [0.25, 0.3) is 0 Å². The van der Waals surface area contributed by atoms with Crippen molar-refractivity contribution in [1.82, 2.24) is 0 Å². The molecule has 0 saturated carbocycles. The first-order valence-corrected chi connectivity index (χ1v) is 8.28. The molecule has 3 heteroatoms. The topological polar surface area (TPSA) is 37.4 Å². The zero-order valence-corrected chi connectivity index (χ0v) is 14.1. The number of rotatable bonds is 5. The molecule has 0 aliphatic rings. The predicted molar refractivity (Wildman–Crippen MR) is 100 cm³/mol. The van der Waals surface area contributed by atoms with Gasteiger partial charge in [-0.2, -0.15) is 0 Å². The normalized spacial score (nSPS) is 10.3. The summed E-state index contributed by atoms with van der Waals surface area (Å²) in [5, 5.41) is 0. The van der Waals surface area contributed by atoms with Gasteiger partial charge in [0.15, 0.2) is 5.78 Å². The molecule has 3 aromatic carbocycles. The molecule has 3 aromatic rings. The van der Waals surface area contributed by atoms with E-state index in [-0.39, 0.29) is 11.7 Å². The Morgan fingerprint density at radius 2 is 1.28 bits per heavy atom. The van der Waals surface area contributed by atoms with E-state index in [2.05, 4.69) is 0 Å². The Kier molecular flexibility index (Phi) is 5.05. The molecular weight excluding hydrogens is 310 g/mol. The minimum atomic E-state index is -0.0561. The number of hydrogen-bond donors (Lipinski definition) is 0. The molecule has 124 valence electrons. The summed E-state index contributed by atoms with van der Waals surface area (Å²) in [6.07, 6.45) is 0.381. The first-order valence-electron chi connectivity index (χ1n) is 8.28. The number of carbonyl (C=O) groups is 2. The second kappa shape index (κ2) is 7.58. The second-order valence-electron chi connectivity index (χ2n) is 5.66. The largest absolute Gasteiger partial charge is 0.289 e. The van der Waals surface area contributed by atoms with Crippen molar-refractivity contribution >= 4 is 23.1 Å². The molecule has 1 amide bonds. The first kappa shape index (κ1) is 16.7. The lowest BCUT2D eigenvalue weighted by molar-refractivity contribution is -0.117. The van der Waals surface area contributed by atoms with Crippen LogP contribution < -0.4 is 4.90 Å². The van der Waals surface area contributed by atoms with Gasteiger partial charge in [-0.3, -0.25) is 14.5 Å². The highest BCUT2D eigenvalue weighted by Gasteiger charge is 2.18. The van der Waals surface area contributed by atoms with E-state index in [1.54, 1.807) is 29.2 Å². The van der Waals surface area contributed by atoms with Crippen molar-refractivity contribution in [3.05, 3.63) is 96.1 Å². The fraction of sp³-hybridized carbons (Fsp3) is 0.0909.